The maximum absolute atomic E-state index is 6.03. The molecule has 0 aliphatic rings. The molecule has 0 saturated carbocycles. The highest BCUT2D eigenvalue weighted by Crippen LogP contribution is 2.33. The largest absolute Gasteiger partial charge is 1.00 e. The van der Waals surface area contributed by atoms with E-state index in [1.54, 1.807) is 61.8 Å². The SMILES string of the molecule is COc1ccc(Cc2nn(-c3ccccc3)[n+](-c3ccc(-c4ccc(-[n+]5nc(Cc6ccc(OC)c(OC)c6)nn5-c5ccccc5)c(OC)c4)cc3OC)n2)cc1OC.[Cl-].[Cl-]. The number of nitrogens with zero attached hydrogens (tertiary/aromatic N) is 8. The van der Waals surface area contributed by atoms with Crippen LogP contribution in [0.5, 0.6) is 34.5 Å². The maximum Gasteiger partial charge on any atom is 0.313 e. The van der Waals surface area contributed by atoms with E-state index < -0.39 is 0 Å². The third-order valence-electron chi connectivity index (χ3n) is 9.92. The van der Waals surface area contributed by atoms with Gasteiger partial charge in [-0.2, -0.15) is 0 Å². The minimum Gasteiger partial charge on any atom is -1.00 e. The van der Waals surface area contributed by atoms with Gasteiger partial charge in [-0.3, -0.25) is 0 Å². The molecule has 8 aromatic rings. The van der Waals surface area contributed by atoms with Gasteiger partial charge in [0.2, 0.25) is 11.4 Å². The number of hydrogen-bond donors (Lipinski definition) is 0. The molecule has 0 aliphatic heterocycles. The van der Waals surface area contributed by atoms with Crippen molar-refractivity contribution in [3.05, 3.63) is 156 Å². The van der Waals surface area contributed by atoms with Crippen molar-refractivity contribution in [3.63, 3.8) is 0 Å². The molecule has 0 atom stereocenters. The van der Waals surface area contributed by atoms with E-state index in [-0.39, 0.29) is 24.8 Å². The minimum atomic E-state index is 0. The van der Waals surface area contributed by atoms with Crippen molar-refractivity contribution in [1.82, 2.24) is 30.0 Å². The van der Waals surface area contributed by atoms with E-state index in [1.807, 2.05) is 133 Å². The summed E-state index contributed by atoms with van der Waals surface area (Å²) < 4.78 is 34.0. The fraction of sp³-hybridized carbons (Fsp3) is 0.174. The standard InChI is InChI=1S/C46H44N8O6.2ClH/c1-55-39-23-17-31(25-43(39)59-5)27-45-47-51(35-13-9-7-10-14-35)53(49-45)37-21-19-33(29-41(37)57-3)34-20-22-38(42(30-34)58-4)54-50-46(48-52(54)36-15-11-8-12-16-36)28-32-18-24-40(56-2)44(26-32)60-6;;/h7-26,29-30H,27-28H2,1-6H3;2*1H/q+2;;/p-2. The summed E-state index contributed by atoms with van der Waals surface area (Å²) in [6.45, 7) is 0. The average Bonchev–Trinajstić information content (AvgIpc) is 3.93. The lowest BCUT2D eigenvalue weighted by Crippen LogP contribution is -3.00. The van der Waals surface area contributed by atoms with Gasteiger partial charge in [0.1, 0.15) is 11.4 Å². The number of benzene rings is 6. The molecule has 0 N–H and O–H groups in total. The molecule has 0 bridgehead atoms. The van der Waals surface area contributed by atoms with Crippen molar-refractivity contribution in [2.75, 3.05) is 42.7 Å². The van der Waals surface area contributed by atoms with Crippen LogP contribution in [0.4, 0.5) is 0 Å². The van der Waals surface area contributed by atoms with E-state index in [9.17, 15) is 0 Å². The molecule has 318 valence electrons. The van der Waals surface area contributed by atoms with Crippen molar-refractivity contribution in [3.8, 4) is 68.4 Å². The van der Waals surface area contributed by atoms with Gasteiger partial charge in [0, 0.05) is 9.59 Å². The van der Waals surface area contributed by atoms with Crippen LogP contribution >= 0.6 is 0 Å². The molecule has 0 radical (unpaired) electrons. The van der Waals surface area contributed by atoms with Gasteiger partial charge in [-0.25, -0.2) is 0 Å². The van der Waals surface area contributed by atoms with Crippen LogP contribution in [-0.4, -0.2) is 72.6 Å². The molecule has 2 aromatic heterocycles. The van der Waals surface area contributed by atoms with Crippen molar-refractivity contribution in [2.45, 2.75) is 12.8 Å². The zero-order valence-corrected chi connectivity index (χ0v) is 36.4. The highest BCUT2D eigenvalue weighted by molar-refractivity contribution is 5.70. The van der Waals surface area contributed by atoms with Gasteiger partial charge in [-0.05, 0) is 127 Å². The number of hydrogen-bond acceptors (Lipinski definition) is 10. The summed E-state index contributed by atoms with van der Waals surface area (Å²) in [6.07, 6.45) is 0.918. The molecule has 0 saturated heterocycles. The Morgan fingerprint density at radius 3 is 1.13 bits per heavy atom. The first kappa shape index (κ1) is 44.4. The van der Waals surface area contributed by atoms with Crippen LogP contribution < -0.4 is 62.8 Å². The van der Waals surface area contributed by atoms with Gasteiger partial charge in [0.15, 0.2) is 34.5 Å². The van der Waals surface area contributed by atoms with Crippen molar-refractivity contribution >= 4 is 0 Å². The normalized spacial score (nSPS) is 10.6. The summed E-state index contributed by atoms with van der Waals surface area (Å²) in [5, 5.41) is 19.8. The Bertz CT molecular complexity index is 2580. The highest BCUT2D eigenvalue weighted by Gasteiger charge is 2.28. The Balaban J connectivity index is 0.00000321. The van der Waals surface area contributed by atoms with Crippen LogP contribution in [0.1, 0.15) is 22.8 Å². The summed E-state index contributed by atoms with van der Waals surface area (Å²) in [5.74, 6) is 4.99. The topological polar surface area (TPSA) is 125 Å². The van der Waals surface area contributed by atoms with E-state index in [4.69, 9.17) is 48.8 Å². The van der Waals surface area contributed by atoms with Crippen LogP contribution in [0.2, 0.25) is 0 Å². The smallest absolute Gasteiger partial charge is 0.313 e. The first-order valence-corrected chi connectivity index (χ1v) is 19.1. The van der Waals surface area contributed by atoms with E-state index in [0.29, 0.717) is 70.4 Å². The Hall–Kier alpha value is -7.16. The molecule has 0 fully saturated rings. The molecule has 0 spiro atoms. The lowest BCUT2D eigenvalue weighted by molar-refractivity contribution is -0.735. The van der Waals surface area contributed by atoms with Gasteiger partial charge in [-0.1, -0.05) is 48.5 Å². The monoisotopic (exact) mass is 874 g/mol. The summed E-state index contributed by atoms with van der Waals surface area (Å²) in [6, 6.07) is 43.3. The summed E-state index contributed by atoms with van der Waals surface area (Å²) in [4.78, 5) is 7.05. The lowest BCUT2D eigenvalue weighted by Gasteiger charge is -2.11. The molecule has 8 rings (SSSR count). The van der Waals surface area contributed by atoms with Gasteiger partial charge in [-0.15, -0.1) is 0 Å². The molecule has 62 heavy (non-hydrogen) atoms. The van der Waals surface area contributed by atoms with Crippen LogP contribution in [0.15, 0.2) is 133 Å². The van der Waals surface area contributed by atoms with Gasteiger partial charge >= 0.3 is 11.6 Å². The predicted octanol–water partition coefficient (Wildman–Crippen LogP) is 0.310. The molecule has 14 nitrogen and oxygen atoms in total. The molecule has 0 aliphatic carbocycles. The third-order valence-corrected chi connectivity index (χ3v) is 9.92. The number of para-hydroxylation sites is 2. The molecular weight excluding hydrogens is 831 g/mol. The Kier molecular flexibility index (Phi) is 14.3. The quantitative estimate of drug-likeness (QED) is 0.133. The van der Waals surface area contributed by atoms with E-state index in [0.717, 1.165) is 33.6 Å². The first-order valence-electron chi connectivity index (χ1n) is 19.1. The van der Waals surface area contributed by atoms with Gasteiger partial charge in [0.25, 0.3) is 0 Å². The van der Waals surface area contributed by atoms with E-state index in [2.05, 4.69) is 0 Å². The summed E-state index contributed by atoms with van der Waals surface area (Å²) in [5.41, 5.74) is 6.83. The summed E-state index contributed by atoms with van der Waals surface area (Å²) in [7, 11) is 9.77. The Morgan fingerprint density at radius 2 is 0.774 bits per heavy atom. The second-order valence-electron chi connectivity index (χ2n) is 13.6. The number of halogens is 2. The van der Waals surface area contributed by atoms with Crippen LogP contribution in [0.25, 0.3) is 33.9 Å². The molecule has 0 amide bonds. The van der Waals surface area contributed by atoms with Crippen molar-refractivity contribution in [2.24, 2.45) is 0 Å². The second kappa shape index (κ2) is 19.9. The zero-order valence-electron chi connectivity index (χ0n) is 34.9. The summed E-state index contributed by atoms with van der Waals surface area (Å²) >= 11 is 0. The van der Waals surface area contributed by atoms with Gasteiger partial charge < -0.3 is 53.2 Å². The average molecular weight is 876 g/mol. The number of ether oxygens (including phenoxy) is 6. The fourth-order valence-electron chi connectivity index (χ4n) is 6.95. The molecule has 2 heterocycles. The number of tetrazole rings is 2. The lowest BCUT2D eigenvalue weighted by atomic mass is 10.0. The van der Waals surface area contributed by atoms with E-state index >= 15 is 0 Å². The predicted molar refractivity (Wildman–Crippen MR) is 223 cm³/mol. The maximum atomic E-state index is 6.03. The minimum absolute atomic E-state index is 0. The highest BCUT2D eigenvalue weighted by atomic mass is 35.5. The molecule has 6 aromatic carbocycles. The Labute approximate surface area is 371 Å². The number of aromatic nitrogens is 8. The molecular formula is C46H44Cl2N8O6. The number of rotatable bonds is 15. The van der Waals surface area contributed by atoms with Crippen molar-refractivity contribution < 1.29 is 62.8 Å². The third kappa shape index (κ3) is 9.11. The van der Waals surface area contributed by atoms with Crippen LogP contribution in [-0.2, 0) is 12.8 Å². The fourth-order valence-corrected chi connectivity index (χ4v) is 6.95. The van der Waals surface area contributed by atoms with Crippen LogP contribution in [0, 0.1) is 0 Å². The molecule has 16 heteroatoms. The Morgan fingerprint density at radius 1 is 0.403 bits per heavy atom. The zero-order chi connectivity index (χ0) is 41.6. The van der Waals surface area contributed by atoms with Crippen molar-refractivity contribution in [1.29, 1.82) is 0 Å². The van der Waals surface area contributed by atoms with Gasteiger partial charge in [0.05, 0.1) is 65.7 Å². The second-order valence-corrected chi connectivity index (χ2v) is 13.6. The molecule has 0 unspecified atom stereocenters. The van der Waals surface area contributed by atoms with E-state index in [1.165, 1.54) is 0 Å². The first-order chi connectivity index (χ1) is 29.4. The number of methoxy groups -OCH3 is 6. The van der Waals surface area contributed by atoms with Crippen LogP contribution in [0.3, 0.4) is 0 Å².